The van der Waals surface area contributed by atoms with Crippen molar-refractivity contribution in [2.75, 3.05) is 0 Å². The molecule has 3 heterocycles. The third kappa shape index (κ3) is 3.77. The summed E-state index contributed by atoms with van der Waals surface area (Å²) in [6.45, 7) is 4.71. The second kappa shape index (κ2) is 9.54. The van der Waals surface area contributed by atoms with Crippen LogP contribution in [-0.4, -0.2) is 15.0 Å². The minimum atomic E-state index is -0.0484. The third-order valence-electron chi connectivity index (χ3n) is 10.3. The summed E-state index contributed by atoms with van der Waals surface area (Å²) < 4.78 is 0. The van der Waals surface area contributed by atoms with Gasteiger partial charge in [0.2, 0.25) is 0 Å². The number of benzene rings is 6. The molecule has 0 N–H and O–H groups in total. The summed E-state index contributed by atoms with van der Waals surface area (Å²) >= 11 is 0. The molecular formula is C44H29N3. The fourth-order valence-electron chi connectivity index (χ4n) is 7.91. The predicted octanol–water partition coefficient (Wildman–Crippen LogP) is 11.3. The normalized spacial score (nSPS) is 13.5. The van der Waals surface area contributed by atoms with Crippen LogP contribution in [0.3, 0.4) is 0 Å². The molecule has 0 atom stereocenters. The molecule has 0 unspecified atom stereocenters. The number of hydrogen-bond acceptors (Lipinski definition) is 3. The molecule has 1 aliphatic carbocycles. The Morgan fingerprint density at radius 1 is 0.447 bits per heavy atom. The molecule has 0 spiro atoms. The Kier molecular flexibility index (Phi) is 5.34. The lowest BCUT2D eigenvalue weighted by molar-refractivity contribution is 0.661. The first kappa shape index (κ1) is 26.3. The van der Waals surface area contributed by atoms with E-state index >= 15 is 0 Å². The summed E-state index contributed by atoms with van der Waals surface area (Å²) in [7, 11) is 0. The van der Waals surface area contributed by atoms with Gasteiger partial charge in [0.25, 0.3) is 0 Å². The van der Waals surface area contributed by atoms with E-state index in [0.717, 1.165) is 44.3 Å². The maximum absolute atomic E-state index is 5.03. The third-order valence-corrected chi connectivity index (χ3v) is 10.3. The lowest BCUT2D eigenvalue weighted by atomic mass is 9.81. The molecule has 3 nitrogen and oxygen atoms in total. The highest BCUT2D eigenvalue weighted by Crippen LogP contribution is 2.51. The van der Waals surface area contributed by atoms with Gasteiger partial charge in [-0.3, -0.25) is 9.97 Å². The van der Waals surface area contributed by atoms with Crippen molar-refractivity contribution in [2.24, 2.45) is 0 Å². The lowest BCUT2D eigenvalue weighted by Gasteiger charge is -2.22. The van der Waals surface area contributed by atoms with Crippen molar-refractivity contribution in [3.63, 3.8) is 0 Å². The Balaban J connectivity index is 1.11. The first-order valence-corrected chi connectivity index (χ1v) is 16.2. The van der Waals surface area contributed by atoms with Gasteiger partial charge in [0.1, 0.15) is 0 Å². The summed E-state index contributed by atoms with van der Waals surface area (Å²) in [5.74, 6) is 0. The van der Waals surface area contributed by atoms with Crippen LogP contribution in [0.1, 0.15) is 25.0 Å². The van der Waals surface area contributed by atoms with Gasteiger partial charge >= 0.3 is 0 Å². The molecule has 220 valence electrons. The molecule has 0 saturated heterocycles. The van der Waals surface area contributed by atoms with Crippen molar-refractivity contribution in [1.29, 1.82) is 0 Å². The zero-order valence-electron chi connectivity index (χ0n) is 26.1. The van der Waals surface area contributed by atoms with Crippen molar-refractivity contribution in [3.05, 3.63) is 151 Å². The Labute approximate surface area is 272 Å². The maximum Gasteiger partial charge on any atom is 0.0972 e. The van der Waals surface area contributed by atoms with E-state index in [2.05, 4.69) is 140 Å². The summed E-state index contributed by atoms with van der Waals surface area (Å²) in [6.07, 6.45) is 3.77. The number of aromatic nitrogens is 3. The second-order valence-electron chi connectivity index (χ2n) is 13.3. The van der Waals surface area contributed by atoms with Crippen molar-refractivity contribution < 1.29 is 0 Å². The average Bonchev–Trinajstić information content (AvgIpc) is 3.36. The standard InChI is InChI=1S/C44H29N3/c1-44(2)38-12-6-5-11-33(38)37-23-35-31-10-4-3-9-30(31)34-22-28(15-18-32(34)36(35)24-39(37)44)40-19-17-29(25-46-40)41-20-16-27-14-13-26-8-7-21-45-42(26)43(27)47-41/h3-25H,1-2H3. The van der Waals surface area contributed by atoms with Gasteiger partial charge in [0.05, 0.1) is 22.4 Å². The van der Waals surface area contributed by atoms with Gasteiger partial charge in [-0.25, -0.2) is 4.98 Å². The Morgan fingerprint density at radius 3 is 1.96 bits per heavy atom. The van der Waals surface area contributed by atoms with Crippen LogP contribution in [-0.2, 0) is 5.41 Å². The molecule has 0 amide bonds. The van der Waals surface area contributed by atoms with Crippen molar-refractivity contribution in [2.45, 2.75) is 19.3 Å². The molecule has 3 heteroatoms. The average molecular weight is 600 g/mol. The summed E-state index contributed by atoms with van der Waals surface area (Å²) in [5, 5.41) is 9.85. The number of fused-ring (bicyclic) bond motifs is 12. The highest BCUT2D eigenvalue weighted by atomic mass is 14.8. The van der Waals surface area contributed by atoms with Crippen LogP contribution in [0.2, 0.25) is 0 Å². The molecule has 6 aromatic carbocycles. The molecule has 0 aliphatic heterocycles. The Hall–Kier alpha value is -5.93. The number of hydrogen-bond donors (Lipinski definition) is 0. The van der Waals surface area contributed by atoms with E-state index < -0.39 is 0 Å². The maximum atomic E-state index is 5.03. The zero-order chi connectivity index (χ0) is 31.3. The number of pyridine rings is 3. The van der Waals surface area contributed by atoms with E-state index in [1.807, 2.05) is 18.5 Å². The quantitative estimate of drug-likeness (QED) is 0.186. The Morgan fingerprint density at radius 2 is 1.13 bits per heavy atom. The van der Waals surface area contributed by atoms with Gasteiger partial charge in [-0.05, 0) is 97.0 Å². The fraction of sp³-hybridized carbons (Fsp3) is 0.0682. The number of nitrogens with zero attached hydrogens (tertiary/aromatic N) is 3. The van der Waals surface area contributed by atoms with Crippen LogP contribution in [0, 0.1) is 0 Å². The van der Waals surface area contributed by atoms with E-state index in [1.165, 1.54) is 54.6 Å². The Bertz CT molecular complexity index is 2760. The van der Waals surface area contributed by atoms with Crippen molar-refractivity contribution in [3.8, 4) is 33.6 Å². The predicted molar refractivity (Wildman–Crippen MR) is 196 cm³/mol. The van der Waals surface area contributed by atoms with E-state index in [4.69, 9.17) is 9.97 Å². The molecule has 47 heavy (non-hydrogen) atoms. The molecule has 0 radical (unpaired) electrons. The molecule has 10 rings (SSSR count). The van der Waals surface area contributed by atoms with Gasteiger partial charge in [-0.1, -0.05) is 98.8 Å². The van der Waals surface area contributed by atoms with Gasteiger partial charge in [0.15, 0.2) is 0 Å². The summed E-state index contributed by atoms with van der Waals surface area (Å²) in [4.78, 5) is 14.6. The largest absolute Gasteiger partial charge is 0.256 e. The van der Waals surface area contributed by atoms with Crippen LogP contribution in [0.15, 0.2) is 140 Å². The molecule has 9 aromatic rings. The van der Waals surface area contributed by atoms with Crippen molar-refractivity contribution in [1.82, 2.24) is 15.0 Å². The molecule has 3 aromatic heterocycles. The van der Waals surface area contributed by atoms with E-state index in [0.29, 0.717) is 0 Å². The van der Waals surface area contributed by atoms with Crippen LogP contribution in [0.5, 0.6) is 0 Å². The molecular weight excluding hydrogens is 571 g/mol. The van der Waals surface area contributed by atoms with Crippen LogP contribution in [0.25, 0.3) is 87.8 Å². The first-order valence-electron chi connectivity index (χ1n) is 16.2. The second-order valence-corrected chi connectivity index (χ2v) is 13.3. The minimum Gasteiger partial charge on any atom is -0.256 e. The topological polar surface area (TPSA) is 38.7 Å². The van der Waals surface area contributed by atoms with Gasteiger partial charge < -0.3 is 0 Å². The van der Waals surface area contributed by atoms with Gasteiger partial charge in [-0.2, -0.15) is 0 Å². The fourth-order valence-corrected chi connectivity index (χ4v) is 7.91. The first-order chi connectivity index (χ1) is 23.0. The zero-order valence-corrected chi connectivity index (χ0v) is 26.1. The van der Waals surface area contributed by atoms with Gasteiger partial charge in [-0.15, -0.1) is 0 Å². The highest BCUT2D eigenvalue weighted by Gasteiger charge is 2.35. The summed E-state index contributed by atoms with van der Waals surface area (Å²) in [5.41, 5.74) is 11.2. The monoisotopic (exact) mass is 599 g/mol. The van der Waals surface area contributed by atoms with E-state index in [-0.39, 0.29) is 5.41 Å². The molecule has 1 aliphatic rings. The van der Waals surface area contributed by atoms with Crippen LogP contribution >= 0.6 is 0 Å². The van der Waals surface area contributed by atoms with E-state index in [9.17, 15) is 0 Å². The summed E-state index contributed by atoms with van der Waals surface area (Å²) in [6, 6.07) is 46.1. The SMILES string of the molecule is CC1(C)c2ccccc2-c2cc3c4ccccc4c4cc(-c5ccc(-c6ccc7ccc8cccnc8c7n6)cn5)ccc4c3cc21. The molecule has 0 fully saturated rings. The number of rotatable bonds is 2. The highest BCUT2D eigenvalue weighted by molar-refractivity contribution is 6.26. The smallest absolute Gasteiger partial charge is 0.0972 e. The molecule has 0 bridgehead atoms. The van der Waals surface area contributed by atoms with E-state index in [1.54, 1.807) is 0 Å². The van der Waals surface area contributed by atoms with Gasteiger partial charge in [0, 0.05) is 39.7 Å². The lowest BCUT2D eigenvalue weighted by Crippen LogP contribution is -2.14. The minimum absolute atomic E-state index is 0.0484. The molecule has 0 saturated carbocycles. The van der Waals surface area contributed by atoms with Crippen LogP contribution < -0.4 is 0 Å². The van der Waals surface area contributed by atoms with Crippen LogP contribution in [0.4, 0.5) is 0 Å². The van der Waals surface area contributed by atoms with Crippen molar-refractivity contribution >= 4 is 54.1 Å².